The third kappa shape index (κ3) is 5.57. The zero-order chi connectivity index (χ0) is 22.4. The normalized spacial score (nSPS) is 17.2. The van der Waals surface area contributed by atoms with E-state index in [0.29, 0.717) is 43.9 Å². The van der Waals surface area contributed by atoms with E-state index >= 15 is 0 Å². The Hall–Kier alpha value is -2.58. The Morgan fingerprint density at radius 3 is 2.45 bits per heavy atom. The summed E-state index contributed by atoms with van der Waals surface area (Å²) in [5.41, 5.74) is 2.77. The Balaban J connectivity index is 1.66. The third-order valence-electron chi connectivity index (χ3n) is 5.59. The first kappa shape index (κ1) is 23.1. The zero-order valence-corrected chi connectivity index (χ0v) is 19.2. The zero-order valence-electron chi connectivity index (χ0n) is 18.4. The average molecular weight is 446 g/mol. The molecule has 1 amide bonds. The monoisotopic (exact) mass is 445 g/mol. The molecule has 1 heterocycles. The summed E-state index contributed by atoms with van der Waals surface area (Å²) in [7, 11) is -2.17. The van der Waals surface area contributed by atoms with E-state index in [1.807, 2.05) is 31.2 Å². The van der Waals surface area contributed by atoms with Crippen molar-refractivity contribution in [2.24, 2.45) is 5.92 Å². The molecule has 7 nitrogen and oxygen atoms in total. The Morgan fingerprint density at radius 1 is 1.16 bits per heavy atom. The molecule has 3 rings (SSSR count). The number of methoxy groups -OCH3 is 1. The number of rotatable bonds is 8. The maximum Gasteiger partial charge on any atom is 0.304 e. The molecule has 0 radical (unpaired) electrons. The highest BCUT2D eigenvalue weighted by Crippen LogP contribution is 2.26. The van der Waals surface area contributed by atoms with Crippen molar-refractivity contribution in [1.29, 1.82) is 0 Å². The average Bonchev–Trinajstić information content (AvgIpc) is 2.79. The third-order valence-corrected chi connectivity index (χ3v) is 7.60. The van der Waals surface area contributed by atoms with Crippen LogP contribution in [-0.4, -0.2) is 45.4 Å². The molecule has 1 unspecified atom stereocenters. The molecule has 0 saturated carbocycles. The molecule has 8 heteroatoms. The van der Waals surface area contributed by atoms with Crippen molar-refractivity contribution in [3.05, 3.63) is 59.7 Å². The summed E-state index contributed by atoms with van der Waals surface area (Å²) < 4.78 is 34.6. The first-order valence-electron chi connectivity index (χ1n) is 10.6. The molecule has 2 aromatic carbocycles. The van der Waals surface area contributed by atoms with Crippen molar-refractivity contribution in [2.75, 3.05) is 31.0 Å². The highest BCUT2D eigenvalue weighted by atomic mass is 32.2. The molecule has 31 heavy (non-hydrogen) atoms. The van der Waals surface area contributed by atoms with Gasteiger partial charge in [-0.3, -0.25) is 9.10 Å². The van der Waals surface area contributed by atoms with Gasteiger partial charge in [0.15, 0.2) is 0 Å². The van der Waals surface area contributed by atoms with Crippen LogP contribution in [0.5, 0.6) is 5.75 Å². The molecule has 1 fully saturated rings. The molecule has 1 aliphatic heterocycles. The van der Waals surface area contributed by atoms with Crippen molar-refractivity contribution < 1.29 is 17.9 Å². The lowest BCUT2D eigenvalue weighted by atomic mass is 9.98. The standard InChI is InChI=1S/C23H31N3O4S/c1-4-26(21-11-13-22(30-3)14-12-21)31(28,29)25-15-5-6-20(17-25)23(27)24-16-19-9-7-18(2)8-10-19/h7-14,20H,4-6,15-17H2,1-3H3,(H,24,27). The molecule has 0 aliphatic carbocycles. The van der Waals surface area contributed by atoms with Crippen LogP contribution in [0.15, 0.2) is 48.5 Å². The molecule has 0 bridgehead atoms. The van der Waals surface area contributed by atoms with Crippen LogP contribution < -0.4 is 14.4 Å². The fourth-order valence-corrected chi connectivity index (χ4v) is 5.49. The highest BCUT2D eigenvalue weighted by Gasteiger charge is 2.35. The lowest BCUT2D eigenvalue weighted by Crippen LogP contribution is -2.50. The van der Waals surface area contributed by atoms with Crippen molar-refractivity contribution in [3.8, 4) is 5.75 Å². The van der Waals surface area contributed by atoms with Crippen LogP contribution in [0, 0.1) is 12.8 Å². The van der Waals surface area contributed by atoms with Crippen LogP contribution >= 0.6 is 0 Å². The van der Waals surface area contributed by atoms with E-state index in [2.05, 4.69) is 5.32 Å². The van der Waals surface area contributed by atoms with Gasteiger partial charge in [0.2, 0.25) is 5.91 Å². The van der Waals surface area contributed by atoms with Crippen LogP contribution in [0.3, 0.4) is 0 Å². The van der Waals surface area contributed by atoms with Crippen LogP contribution in [0.2, 0.25) is 0 Å². The lowest BCUT2D eigenvalue weighted by Gasteiger charge is -2.35. The maximum atomic E-state index is 13.3. The summed E-state index contributed by atoms with van der Waals surface area (Å²) in [6.07, 6.45) is 1.34. The fourth-order valence-electron chi connectivity index (χ4n) is 3.77. The number of hydrogen-bond acceptors (Lipinski definition) is 4. The predicted molar refractivity (Wildman–Crippen MR) is 122 cm³/mol. The number of aryl methyl sites for hydroxylation is 1. The largest absolute Gasteiger partial charge is 0.497 e. The van der Waals surface area contributed by atoms with Gasteiger partial charge in [0, 0.05) is 26.2 Å². The Morgan fingerprint density at radius 2 is 1.84 bits per heavy atom. The molecule has 0 spiro atoms. The molecular weight excluding hydrogens is 414 g/mol. The first-order chi connectivity index (χ1) is 14.8. The molecule has 168 valence electrons. The number of anilines is 1. The number of ether oxygens (including phenoxy) is 1. The van der Waals surface area contributed by atoms with Crippen molar-refractivity contribution >= 4 is 21.8 Å². The minimum atomic E-state index is -3.74. The summed E-state index contributed by atoms with van der Waals surface area (Å²) in [5.74, 6) is 0.206. The first-order valence-corrected chi connectivity index (χ1v) is 12.0. The van der Waals surface area contributed by atoms with Crippen LogP contribution in [0.25, 0.3) is 0 Å². The van der Waals surface area contributed by atoms with Crippen molar-refractivity contribution in [1.82, 2.24) is 9.62 Å². The Labute approximate surface area is 185 Å². The second kappa shape index (κ2) is 10.2. The van der Waals surface area contributed by atoms with Gasteiger partial charge in [0.1, 0.15) is 5.75 Å². The number of hydrogen-bond donors (Lipinski definition) is 1. The highest BCUT2D eigenvalue weighted by molar-refractivity contribution is 7.90. The van der Waals surface area contributed by atoms with E-state index in [1.54, 1.807) is 38.3 Å². The number of carbonyl (C=O) groups is 1. The summed E-state index contributed by atoms with van der Waals surface area (Å²) in [6.45, 7) is 5.17. The number of nitrogens with zero attached hydrogens (tertiary/aromatic N) is 2. The minimum Gasteiger partial charge on any atom is -0.497 e. The van der Waals surface area contributed by atoms with Crippen molar-refractivity contribution in [2.45, 2.75) is 33.2 Å². The molecule has 1 aliphatic rings. The number of benzene rings is 2. The quantitative estimate of drug-likeness (QED) is 0.677. The summed E-state index contributed by atoms with van der Waals surface area (Å²) in [4.78, 5) is 12.7. The van der Waals surface area contributed by atoms with Gasteiger partial charge in [-0.15, -0.1) is 0 Å². The number of amides is 1. The maximum absolute atomic E-state index is 13.3. The van der Waals surface area contributed by atoms with Gasteiger partial charge in [0.25, 0.3) is 0 Å². The van der Waals surface area contributed by atoms with E-state index in [9.17, 15) is 13.2 Å². The summed E-state index contributed by atoms with van der Waals surface area (Å²) in [6, 6.07) is 14.9. The minimum absolute atomic E-state index is 0.104. The van der Waals surface area contributed by atoms with Crippen LogP contribution in [0.1, 0.15) is 30.9 Å². The van der Waals surface area contributed by atoms with Gasteiger partial charge in [0.05, 0.1) is 18.7 Å². The lowest BCUT2D eigenvalue weighted by molar-refractivity contribution is -0.126. The molecular formula is C23H31N3O4S. The molecule has 1 saturated heterocycles. The smallest absolute Gasteiger partial charge is 0.304 e. The van der Waals surface area contributed by atoms with Gasteiger partial charge in [-0.2, -0.15) is 12.7 Å². The molecule has 2 aromatic rings. The summed E-state index contributed by atoms with van der Waals surface area (Å²) >= 11 is 0. The Bertz CT molecular complexity index is 975. The van der Waals surface area contributed by atoms with Crippen molar-refractivity contribution in [3.63, 3.8) is 0 Å². The van der Waals surface area contributed by atoms with E-state index in [4.69, 9.17) is 4.74 Å². The van der Waals surface area contributed by atoms with Crippen LogP contribution in [0.4, 0.5) is 5.69 Å². The molecule has 1 N–H and O–H groups in total. The molecule has 1 atom stereocenters. The van der Waals surface area contributed by atoms with E-state index < -0.39 is 10.2 Å². The van der Waals surface area contributed by atoms with Gasteiger partial charge in [-0.05, 0) is 56.5 Å². The Kier molecular flexibility index (Phi) is 7.56. The fraction of sp³-hybridized carbons (Fsp3) is 0.435. The van der Waals surface area contributed by atoms with Crippen LogP contribution in [-0.2, 0) is 21.5 Å². The van der Waals surface area contributed by atoms with E-state index in [-0.39, 0.29) is 18.4 Å². The summed E-state index contributed by atoms with van der Waals surface area (Å²) in [5, 5.41) is 2.96. The second-order valence-electron chi connectivity index (χ2n) is 7.77. The number of nitrogens with one attached hydrogen (secondary N) is 1. The SMILES string of the molecule is CCN(c1ccc(OC)cc1)S(=O)(=O)N1CCCC(C(=O)NCc2ccc(C)cc2)C1. The van der Waals surface area contributed by atoms with Gasteiger partial charge >= 0.3 is 10.2 Å². The van der Waals surface area contributed by atoms with Gasteiger partial charge in [-0.25, -0.2) is 0 Å². The second-order valence-corrected chi connectivity index (χ2v) is 9.62. The number of carbonyl (C=O) groups excluding carboxylic acids is 1. The molecule has 0 aromatic heterocycles. The van der Waals surface area contributed by atoms with E-state index in [1.165, 1.54) is 14.2 Å². The van der Waals surface area contributed by atoms with Gasteiger partial charge < -0.3 is 10.1 Å². The van der Waals surface area contributed by atoms with Gasteiger partial charge in [-0.1, -0.05) is 29.8 Å². The number of piperidine rings is 1. The predicted octanol–water partition coefficient (Wildman–Crippen LogP) is 3.10. The van der Waals surface area contributed by atoms with E-state index in [0.717, 1.165) is 5.56 Å². The topological polar surface area (TPSA) is 79.0 Å².